The summed E-state index contributed by atoms with van der Waals surface area (Å²) in [7, 11) is 0. The summed E-state index contributed by atoms with van der Waals surface area (Å²) in [6, 6.07) is 11.4. The first-order valence-corrected chi connectivity index (χ1v) is 7.70. The average Bonchev–Trinajstić information content (AvgIpc) is 2.57. The summed E-state index contributed by atoms with van der Waals surface area (Å²) in [5.41, 5.74) is 3.02. The van der Waals surface area contributed by atoms with Crippen molar-refractivity contribution in [1.82, 2.24) is 14.5 Å². The highest BCUT2D eigenvalue weighted by Crippen LogP contribution is 2.13. The summed E-state index contributed by atoms with van der Waals surface area (Å²) in [5, 5.41) is 9.48. The van der Waals surface area contributed by atoms with Crippen LogP contribution in [0.4, 0.5) is 0 Å². The first-order valence-electron chi connectivity index (χ1n) is 7.70. The summed E-state index contributed by atoms with van der Waals surface area (Å²) in [4.78, 5) is 21.3. The zero-order valence-electron chi connectivity index (χ0n) is 13.0. The van der Waals surface area contributed by atoms with Gasteiger partial charge in [-0.2, -0.15) is 0 Å². The molecule has 0 aliphatic carbocycles. The number of fused-ring (bicyclic) bond motifs is 1. The standard InChI is InChI=1S/C18H19N3O2/c1-13(22)6-7-16-18(23)21(12-14-8-10-19-11-9-14)17-5-3-2-4-15(17)20-16/h2-5,8-11,13,22H,6-7,12H2,1H3. The highest BCUT2D eigenvalue weighted by molar-refractivity contribution is 5.74. The highest BCUT2D eigenvalue weighted by atomic mass is 16.3. The molecule has 1 unspecified atom stereocenters. The third-order valence-electron chi connectivity index (χ3n) is 3.81. The van der Waals surface area contributed by atoms with Gasteiger partial charge in [-0.15, -0.1) is 0 Å². The molecule has 5 heteroatoms. The maximum Gasteiger partial charge on any atom is 0.273 e. The molecule has 1 atom stereocenters. The quantitative estimate of drug-likeness (QED) is 0.784. The van der Waals surface area contributed by atoms with Crippen LogP contribution < -0.4 is 5.56 Å². The molecule has 118 valence electrons. The van der Waals surface area contributed by atoms with E-state index in [2.05, 4.69) is 9.97 Å². The third-order valence-corrected chi connectivity index (χ3v) is 3.81. The molecule has 3 rings (SSSR count). The van der Waals surface area contributed by atoms with Crippen molar-refractivity contribution in [3.63, 3.8) is 0 Å². The van der Waals surface area contributed by atoms with E-state index < -0.39 is 6.10 Å². The van der Waals surface area contributed by atoms with Gasteiger partial charge in [-0.3, -0.25) is 9.78 Å². The van der Waals surface area contributed by atoms with E-state index in [4.69, 9.17) is 0 Å². The van der Waals surface area contributed by atoms with Crippen molar-refractivity contribution >= 4 is 11.0 Å². The van der Waals surface area contributed by atoms with Crippen LogP contribution in [0.2, 0.25) is 0 Å². The number of aliphatic hydroxyl groups excluding tert-OH is 1. The van der Waals surface area contributed by atoms with Crippen LogP contribution in [-0.4, -0.2) is 25.7 Å². The lowest BCUT2D eigenvalue weighted by Crippen LogP contribution is -2.27. The van der Waals surface area contributed by atoms with E-state index in [1.165, 1.54) is 0 Å². The molecule has 0 saturated carbocycles. The molecule has 1 N–H and O–H groups in total. The molecular formula is C18H19N3O2. The number of aromatic nitrogens is 3. The molecule has 0 saturated heterocycles. The zero-order valence-corrected chi connectivity index (χ0v) is 13.0. The molecule has 23 heavy (non-hydrogen) atoms. The lowest BCUT2D eigenvalue weighted by Gasteiger charge is -2.12. The molecule has 0 aliphatic heterocycles. The van der Waals surface area contributed by atoms with Crippen molar-refractivity contribution in [2.24, 2.45) is 0 Å². The van der Waals surface area contributed by atoms with Crippen molar-refractivity contribution < 1.29 is 5.11 Å². The number of hydrogen-bond acceptors (Lipinski definition) is 4. The molecule has 0 spiro atoms. The summed E-state index contributed by atoms with van der Waals surface area (Å²) in [6.45, 7) is 2.20. The van der Waals surface area contributed by atoms with Crippen molar-refractivity contribution in [1.29, 1.82) is 0 Å². The zero-order chi connectivity index (χ0) is 16.2. The van der Waals surface area contributed by atoms with Crippen LogP contribution in [0.1, 0.15) is 24.6 Å². The van der Waals surface area contributed by atoms with E-state index in [0.29, 0.717) is 25.1 Å². The fourth-order valence-electron chi connectivity index (χ4n) is 2.58. The molecule has 2 heterocycles. The molecule has 0 radical (unpaired) electrons. The minimum absolute atomic E-state index is 0.0961. The number of aliphatic hydroxyl groups is 1. The average molecular weight is 309 g/mol. The van der Waals surface area contributed by atoms with E-state index in [-0.39, 0.29) is 5.56 Å². The Balaban J connectivity index is 2.09. The van der Waals surface area contributed by atoms with Crippen LogP contribution in [0.5, 0.6) is 0 Å². The second-order valence-corrected chi connectivity index (χ2v) is 5.68. The van der Waals surface area contributed by atoms with Gasteiger partial charge in [0.05, 0.1) is 23.7 Å². The summed E-state index contributed by atoms with van der Waals surface area (Å²) in [5.74, 6) is 0. The van der Waals surface area contributed by atoms with Gasteiger partial charge in [0.1, 0.15) is 5.69 Å². The van der Waals surface area contributed by atoms with Crippen molar-refractivity contribution in [3.8, 4) is 0 Å². The smallest absolute Gasteiger partial charge is 0.273 e. The molecular weight excluding hydrogens is 290 g/mol. The molecule has 2 aromatic heterocycles. The molecule has 1 aromatic carbocycles. The first kappa shape index (κ1) is 15.4. The molecule has 0 fully saturated rings. The van der Waals surface area contributed by atoms with Crippen molar-refractivity contribution in [2.75, 3.05) is 0 Å². The Morgan fingerprint density at radius 2 is 1.91 bits per heavy atom. The second kappa shape index (κ2) is 6.71. The van der Waals surface area contributed by atoms with Gasteiger partial charge in [0.2, 0.25) is 0 Å². The predicted octanol–water partition coefficient (Wildman–Crippen LogP) is 2.15. The number of nitrogens with zero attached hydrogens (tertiary/aromatic N) is 3. The van der Waals surface area contributed by atoms with Gasteiger partial charge in [-0.1, -0.05) is 12.1 Å². The number of benzene rings is 1. The first-order chi connectivity index (χ1) is 11.1. The van der Waals surface area contributed by atoms with Gasteiger partial charge in [-0.25, -0.2) is 4.98 Å². The Morgan fingerprint density at radius 3 is 2.65 bits per heavy atom. The Kier molecular flexibility index (Phi) is 4.48. The van der Waals surface area contributed by atoms with Gasteiger partial charge in [0.15, 0.2) is 0 Å². The van der Waals surface area contributed by atoms with E-state index in [1.54, 1.807) is 23.9 Å². The maximum atomic E-state index is 12.8. The lowest BCUT2D eigenvalue weighted by atomic mass is 10.1. The number of pyridine rings is 1. The van der Waals surface area contributed by atoms with Crippen LogP contribution in [-0.2, 0) is 13.0 Å². The lowest BCUT2D eigenvalue weighted by molar-refractivity contribution is 0.184. The van der Waals surface area contributed by atoms with Crippen LogP contribution >= 0.6 is 0 Å². The van der Waals surface area contributed by atoms with Crippen LogP contribution in [0, 0.1) is 0 Å². The molecule has 0 aliphatic rings. The fraction of sp³-hybridized carbons (Fsp3) is 0.278. The minimum Gasteiger partial charge on any atom is -0.393 e. The van der Waals surface area contributed by atoms with Gasteiger partial charge < -0.3 is 9.67 Å². The van der Waals surface area contributed by atoms with E-state index >= 15 is 0 Å². The minimum atomic E-state index is -0.448. The monoisotopic (exact) mass is 309 g/mol. The van der Waals surface area contributed by atoms with Crippen LogP contribution in [0.3, 0.4) is 0 Å². The van der Waals surface area contributed by atoms with Gasteiger partial charge >= 0.3 is 0 Å². The predicted molar refractivity (Wildman–Crippen MR) is 89.3 cm³/mol. The van der Waals surface area contributed by atoms with Gasteiger partial charge in [0.25, 0.3) is 5.56 Å². The largest absolute Gasteiger partial charge is 0.393 e. The summed E-state index contributed by atoms with van der Waals surface area (Å²) < 4.78 is 1.75. The highest BCUT2D eigenvalue weighted by Gasteiger charge is 2.12. The SMILES string of the molecule is CC(O)CCc1nc2ccccc2n(Cc2ccncc2)c1=O. The van der Waals surface area contributed by atoms with E-state index in [9.17, 15) is 9.90 Å². The topological polar surface area (TPSA) is 68.0 Å². The Labute approximate surface area is 134 Å². The molecule has 0 amide bonds. The Hall–Kier alpha value is -2.53. The molecule has 3 aromatic rings. The van der Waals surface area contributed by atoms with E-state index in [0.717, 1.165) is 16.6 Å². The normalized spacial score (nSPS) is 12.4. The van der Waals surface area contributed by atoms with E-state index in [1.807, 2.05) is 36.4 Å². The number of hydrogen-bond donors (Lipinski definition) is 1. The molecule has 0 bridgehead atoms. The number of rotatable bonds is 5. The van der Waals surface area contributed by atoms with Gasteiger partial charge in [-0.05, 0) is 49.6 Å². The fourth-order valence-corrected chi connectivity index (χ4v) is 2.58. The second-order valence-electron chi connectivity index (χ2n) is 5.68. The van der Waals surface area contributed by atoms with Crippen molar-refractivity contribution in [3.05, 3.63) is 70.4 Å². The summed E-state index contributed by atoms with van der Waals surface area (Å²) in [6.07, 6.45) is 3.99. The van der Waals surface area contributed by atoms with Crippen molar-refractivity contribution in [2.45, 2.75) is 32.4 Å². The van der Waals surface area contributed by atoms with Gasteiger partial charge in [0, 0.05) is 12.4 Å². The number of para-hydroxylation sites is 2. The molecule has 5 nitrogen and oxygen atoms in total. The Morgan fingerprint density at radius 1 is 1.17 bits per heavy atom. The van der Waals surface area contributed by atoms with Crippen LogP contribution in [0.15, 0.2) is 53.6 Å². The Bertz CT molecular complexity index is 857. The third kappa shape index (κ3) is 3.46. The van der Waals surface area contributed by atoms with Crippen LogP contribution in [0.25, 0.3) is 11.0 Å². The number of aryl methyl sites for hydroxylation is 1. The maximum absolute atomic E-state index is 12.8. The summed E-state index contributed by atoms with van der Waals surface area (Å²) >= 11 is 0.